The number of esters is 1. The maximum absolute atomic E-state index is 11.7. The third kappa shape index (κ3) is 7.39. The van der Waals surface area contributed by atoms with Crippen molar-refractivity contribution >= 4 is 33.5 Å². The standard InChI is InChI=1S/C19H20BrNO4/c1-14-7-9-16(10-8-14)21-18(22)13-25-19(23)6-3-11-24-17-5-2-4-15(20)12-17/h2,4-5,7-10,12H,3,6,11,13H2,1H3,(H,21,22). The van der Waals surface area contributed by atoms with Gasteiger partial charge in [0.2, 0.25) is 0 Å². The largest absolute Gasteiger partial charge is 0.494 e. The van der Waals surface area contributed by atoms with Crippen LogP contribution in [-0.2, 0) is 14.3 Å². The van der Waals surface area contributed by atoms with E-state index in [4.69, 9.17) is 9.47 Å². The molecule has 0 aliphatic carbocycles. The van der Waals surface area contributed by atoms with Crippen molar-refractivity contribution in [1.29, 1.82) is 0 Å². The molecule has 0 heterocycles. The zero-order valence-corrected chi connectivity index (χ0v) is 15.5. The molecule has 0 aliphatic rings. The van der Waals surface area contributed by atoms with Crippen molar-refractivity contribution in [2.24, 2.45) is 0 Å². The molecule has 0 spiro atoms. The summed E-state index contributed by atoms with van der Waals surface area (Å²) in [5.74, 6) is -0.0419. The first-order chi connectivity index (χ1) is 12.0. The van der Waals surface area contributed by atoms with Crippen LogP contribution < -0.4 is 10.1 Å². The van der Waals surface area contributed by atoms with Gasteiger partial charge >= 0.3 is 5.97 Å². The number of benzene rings is 2. The average molecular weight is 406 g/mol. The van der Waals surface area contributed by atoms with E-state index in [-0.39, 0.29) is 18.9 Å². The van der Waals surface area contributed by atoms with Crippen molar-refractivity contribution < 1.29 is 19.1 Å². The number of nitrogens with one attached hydrogen (secondary N) is 1. The number of carbonyl (C=O) groups excluding carboxylic acids is 2. The molecular weight excluding hydrogens is 386 g/mol. The van der Waals surface area contributed by atoms with Gasteiger partial charge in [0.25, 0.3) is 5.91 Å². The number of rotatable bonds is 8. The molecule has 5 nitrogen and oxygen atoms in total. The van der Waals surface area contributed by atoms with E-state index in [1.807, 2.05) is 43.3 Å². The molecule has 0 aliphatic heterocycles. The lowest BCUT2D eigenvalue weighted by Gasteiger charge is -2.08. The fourth-order valence-electron chi connectivity index (χ4n) is 2.02. The SMILES string of the molecule is Cc1ccc(NC(=O)COC(=O)CCCOc2cccc(Br)c2)cc1. The van der Waals surface area contributed by atoms with Crippen LogP contribution in [0.4, 0.5) is 5.69 Å². The molecule has 132 valence electrons. The van der Waals surface area contributed by atoms with Gasteiger partial charge in [-0.3, -0.25) is 9.59 Å². The van der Waals surface area contributed by atoms with Gasteiger partial charge in [0.05, 0.1) is 6.61 Å². The van der Waals surface area contributed by atoms with Crippen molar-refractivity contribution in [3.8, 4) is 5.75 Å². The highest BCUT2D eigenvalue weighted by Crippen LogP contribution is 2.17. The number of amides is 1. The highest BCUT2D eigenvalue weighted by atomic mass is 79.9. The van der Waals surface area contributed by atoms with Crippen molar-refractivity contribution in [3.05, 3.63) is 58.6 Å². The summed E-state index contributed by atoms with van der Waals surface area (Å²) in [6.45, 7) is 2.08. The Labute approximate surface area is 155 Å². The minimum absolute atomic E-state index is 0.200. The fraction of sp³-hybridized carbons (Fsp3) is 0.263. The van der Waals surface area contributed by atoms with E-state index in [0.717, 1.165) is 15.8 Å². The zero-order valence-electron chi connectivity index (χ0n) is 14.0. The number of aryl methyl sites for hydroxylation is 1. The van der Waals surface area contributed by atoms with Crippen LogP contribution in [-0.4, -0.2) is 25.1 Å². The molecule has 6 heteroatoms. The number of ether oxygens (including phenoxy) is 2. The van der Waals surface area contributed by atoms with Crippen LogP contribution in [0.3, 0.4) is 0 Å². The first-order valence-corrected chi connectivity index (χ1v) is 8.73. The van der Waals surface area contributed by atoms with Crippen molar-refractivity contribution in [3.63, 3.8) is 0 Å². The summed E-state index contributed by atoms with van der Waals surface area (Å²) in [6.07, 6.45) is 0.719. The molecule has 2 aromatic rings. The van der Waals surface area contributed by atoms with E-state index in [1.54, 1.807) is 12.1 Å². The molecule has 0 saturated carbocycles. The summed E-state index contributed by atoms with van der Waals surface area (Å²) in [5.41, 5.74) is 1.78. The first-order valence-electron chi connectivity index (χ1n) is 7.93. The Bertz CT molecular complexity index is 716. The molecule has 0 unspecified atom stereocenters. The van der Waals surface area contributed by atoms with Gasteiger partial charge in [0.15, 0.2) is 6.61 Å². The second kappa shape index (κ2) is 9.84. The molecule has 0 radical (unpaired) electrons. The van der Waals surface area contributed by atoms with Gasteiger partial charge < -0.3 is 14.8 Å². The molecule has 0 aromatic heterocycles. The van der Waals surface area contributed by atoms with Crippen LogP contribution in [0.5, 0.6) is 5.75 Å². The van der Waals surface area contributed by atoms with Crippen LogP contribution in [0.2, 0.25) is 0 Å². The highest BCUT2D eigenvalue weighted by Gasteiger charge is 2.08. The Balaban J connectivity index is 1.60. The lowest BCUT2D eigenvalue weighted by molar-refractivity contribution is -0.147. The molecule has 0 atom stereocenters. The van der Waals surface area contributed by atoms with Crippen LogP contribution in [0.25, 0.3) is 0 Å². The van der Waals surface area contributed by atoms with Crippen molar-refractivity contribution in [1.82, 2.24) is 0 Å². The maximum atomic E-state index is 11.7. The summed E-state index contributed by atoms with van der Waals surface area (Å²) in [7, 11) is 0. The Morgan fingerprint density at radius 2 is 1.88 bits per heavy atom. The molecule has 2 rings (SSSR count). The molecular formula is C19H20BrNO4. The van der Waals surface area contributed by atoms with E-state index in [0.29, 0.717) is 18.7 Å². The number of anilines is 1. The molecule has 0 fully saturated rings. The Morgan fingerprint density at radius 3 is 2.60 bits per heavy atom. The molecule has 1 amide bonds. The zero-order chi connectivity index (χ0) is 18.1. The third-order valence-corrected chi connectivity index (χ3v) is 3.78. The van der Waals surface area contributed by atoms with E-state index >= 15 is 0 Å². The summed E-state index contributed by atoms with van der Waals surface area (Å²) in [5, 5.41) is 2.67. The summed E-state index contributed by atoms with van der Waals surface area (Å²) in [6, 6.07) is 14.9. The van der Waals surface area contributed by atoms with Crippen molar-refractivity contribution in [2.75, 3.05) is 18.5 Å². The van der Waals surface area contributed by atoms with Gasteiger partial charge in [-0.1, -0.05) is 39.7 Å². The van der Waals surface area contributed by atoms with E-state index in [1.165, 1.54) is 0 Å². The summed E-state index contributed by atoms with van der Waals surface area (Å²) >= 11 is 3.36. The second-order valence-electron chi connectivity index (χ2n) is 5.48. The Morgan fingerprint density at radius 1 is 1.12 bits per heavy atom. The van der Waals surface area contributed by atoms with Crippen LogP contribution in [0.15, 0.2) is 53.0 Å². The molecule has 0 saturated heterocycles. The smallest absolute Gasteiger partial charge is 0.306 e. The molecule has 2 aromatic carbocycles. The Kier molecular flexibility index (Phi) is 7.47. The number of hydrogen-bond donors (Lipinski definition) is 1. The van der Waals surface area contributed by atoms with Crippen molar-refractivity contribution in [2.45, 2.75) is 19.8 Å². The topological polar surface area (TPSA) is 64.6 Å². The lowest BCUT2D eigenvalue weighted by Crippen LogP contribution is -2.21. The van der Waals surface area contributed by atoms with E-state index < -0.39 is 5.97 Å². The summed E-state index contributed by atoms with van der Waals surface area (Å²) in [4.78, 5) is 23.4. The highest BCUT2D eigenvalue weighted by molar-refractivity contribution is 9.10. The van der Waals surface area contributed by atoms with E-state index in [2.05, 4.69) is 21.2 Å². The van der Waals surface area contributed by atoms with Gasteiger partial charge in [0, 0.05) is 16.6 Å². The van der Waals surface area contributed by atoms with E-state index in [9.17, 15) is 9.59 Å². The predicted octanol–water partition coefficient (Wildman–Crippen LogP) is 4.10. The first kappa shape index (κ1) is 19.0. The monoisotopic (exact) mass is 405 g/mol. The average Bonchev–Trinajstić information content (AvgIpc) is 2.59. The van der Waals surface area contributed by atoms with Gasteiger partial charge in [-0.05, 0) is 43.7 Å². The van der Waals surface area contributed by atoms with Gasteiger partial charge in [0.1, 0.15) is 5.75 Å². The molecule has 0 bridgehead atoms. The normalized spacial score (nSPS) is 10.2. The number of carbonyl (C=O) groups is 2. The second-order valence-corrected chi connectivity index (χ2v) is 6.40. The lowest BCUT2D eigenvalue weighted by atomic mass is 10.2. The summed E-state index contributed by atoms with van der Waals surface area (Å²) < 4.78 is 11.4. The minimum atomic E-state index is -0.420. The van der Waals surface area contributed by atoms with Crippen LogP contribution in [0.1, 0.15) is 18.4 Å². The predicted molar refractivity (Wildman–Crippen MR) is 99.6 cm³/mol. The third-order valence-electron chi connectivity index (χ3n) is 3.29. The molecule has 25 heavy (non-hydrogen) atoms. The number of hydrogen-bond acceptors (Lipinski definition) is 4. The van der Waals surface area contributed by atoms with Crippen LogP contribution >= 0.6 is 15.9 Å². The van der Waals surface area contributed by atoms with Gasteiger partial charge in [-0.15, -0.1) is 0 Å². The minimum Gasteiger partial charge on any atom is -0.494 e. The fourth-order valence-corrected chi connectivity index (χ4v) is 2.39. The Hall–Kier alpha value is -2.34. The maximum Gasteiger partial charge on any atom is 0.306 e. The van der Waals surface area contributed by atoms with Crippen LogP contribution in [0, 0.1) is 6.92 Å². The number of halogens is 1. The van der Waals surface area contributed by atoms with Gasteiger partial charge in [-0.2, -0.15) is 0 Å². The van der Waals surface area contributed by atoms with Gasteiger partial charge in [-0.25, -0.2) is 0 Å². The molecule has 1 N–H and O–H groups in total. The quantitative estimate of drug-likeness (QED) is 0.530.